The van der Waals surface area contributed by atoms with Gasteiger partial charge in [-0.2, -0.15) is 0 Å². The Kier molecular flexibility index (Phi) is 11.0. The fraction of sp³-hybridized carbons (Fsp3) is 0.333. The van der Waals surface area contributed by atoms with Crippen molar-refractivity contribution in [3.05, 3.63) is 88.9 Å². The summed E-state index contributed by atoms with van der Waals surface area (Å²) >= 11 is 6.36. The molecule has 3 aromatic carbocycles. The molecule has 0 aliphatic carbocycles. The highest BCUT2D eigenvalue weighted by atomic mass is 35.5. The van der Waals surface area contributed by atoms with Crippen LogP contribution in [0.15, 0.2) is 77.7 Å². The van der Waals surface area contributed by atoms with E-state index < -0.39 is 28.5 Å². The molecule has 0 saturated heterocycles. The highest BCUT2D eigenvalue weighted by Gasteiger charge is 2.33. The second-order valence-corrected chi connectivity index (χ2v) is 11.7. The number of nitrogens with one attached hydrogen (secondary N) is 1. The number of carbonyl (C=O) groups excluding carboxylic acids is 2. The molecule has 0 fully saturated rings. The first-order valence-corrected chi connectivity index (χ1v) is 14.9. The molecule has 0 aromatic heterocycles. The van der Waals surface area contributed by atoms with Gasteiger partial charge >= 0.3 is 0 Å². The number of benzene rings is 3. The van der Waals surface area contributed by atoms with E-state index in [9.17, 15) is 18.0 Å². The molecule has 0 aliphatic rings. The summed E-state index contributed by atoms with van der Waals surface area (Å²) in [6, 6.07) is 19.1. The lowest BCUT2D eigenvalue weighted by atomic mass is 10.1. The van der Waals surface area contributed by atoms with Crippen LogP contribution in [0.4, 0.5) is 5.69 Å². The fourth-order valence-electron chi connectivity index (χ4n) is 4.15. The molecule has 214 valence electrons. The second-order valence-electron chi connectivity index (χ2n) is 9.40. The average Bonchev–Trinajstić information content (AvgIpc) is 2.96. The number of amides is 2. The number of hydrogen-bond acceptors (Lipinski definition) is 5. The first-order chi connectivity index (χ1) is 19.1. The first-order valence-electron chi connectivity index (χ1n) is 13.1. The summed E-state index contributed by atoms with van der Waals surface area (Å²) in [6.45, 7) is 5.42. The second kappa shape index (κ2) is 14.2. The van der Waals surface area contributed by atoms with E-state index in [4.69, 9.17) is 16.3 Å². The number of rotatable bonds is 13. The van der Waals surface area contributed by atoms with Gasteiger partial charge in [0.25, 0.3) is 10.0 Å². The van der Waals surface area contributed by atoms with E-state index in [1.807, 2.05) is 6.92 Å². The standard InChI is InChI=1S/C30H36ClN3O5S/c1-5-6-19-32-30(36)23(3)33(20-24-15-17-25(39-4)18-16-24)29(35)21-34(28-14-10-13-27(31)22(28)2)40(37,38)26-11-8-7-9-12-26/h7-18,23H,5-6,19-21H2,1-4H3,(H,32,36). The molecule has 3 rings (SSSR count). The van der Waals surface area contributed by atoms with Crippen molar-refractivity contribution >= 4 is 39.1 Å². The Morgan fingerprint density at radius 1 is 1.00 bits per heavy atom. The van der Waals surface area contributed by atoms with Crippen LogP contribution in [0.3, 0.4) is 0 Å². The van der Waals surface area contributed by atoms with Crippen molar-refractivity contribution in [1.82, 2.24) is 10.2 Å². The molecular formula is C30H36ClN3O5S. The van der Waals surface area contributed by atoms with Crippen molar-refractivity contribution in [2.24, 2.45) is 0 Å². The maximum atomic E-state index is 14.0. The van der Waals surface area contributed by atoms with Gasteiger partial charge in [-0.25, -0.2) is 8.42 Å². The van der Waals surface area contributed by atoms with Gasteiger partial charge in [0.15, 0.2) is 0 Å². The van der Waals surface area contributed by atoms with E-state index in [1.54, 1.807) is 81.6 Å². The van der Waals surface area contributed by atoms with E-state index >= 15 is 0 Å². The largest absolute Gasteiger partial charge is 0.497 e. The summed E-state index contributed by atoms with van der Waals surface area (Å²) in [7, 11) is -2.59. The third-order valence-corrected chi connectivity index (χ3v) is 8.81. The van der Waals surface area contributed by atoms with Crippen LogP contribution in [0.2, 0.25) is 5.02 Å². The molecule has 1 atom stereocenters. The van der Waals surface area contributed by atoms with Crippen LogP contribution in [-0.2, 0) is 26.2 Å². The Balaban J connectivity index is 2.02. The molecule has 40 heavy (non-hydrogen) atoms. The smallest absolute Gasteiger partial charge is 0.264 e. The lowest BCUT2D eigenvalue weighted by Gasteiger charge is -2.32. The third-order valence-electron chi connectivity index (χ3n) is 6.63. The predicted molar refractivity (Wildman–Crippen MR) is 158 cm³/mol. The summed E-state index contributed by atoms with van der Waals surface area (Å²) in [5, 5.41) is 3.25. The summed E-state index contributed by atoms with van der Waals surface area (Å²) in [5.41, 5.74) is 1.57. The van der Waals surface area contributed by atoms with Crippen LogP contribution in [0, 0.1) is 6.92 Å². The monoisotopic (exact) mass is 585 g/mol. The molecule has 0 saturated carbocycles. The quantitative estimate of drug-likeness (QED) is 0.279. The number of carbonyl (C=O) groups is 2. The maximum absolute atomic E-state index is 14.0. The molecule has 0 spiro atoms. The molecule has 0 heterocycles. The fourth-order valence-corrected chi connectivity index (χ4v) is 5.81. The molecule has 0 bridgehead atoms. The van der Waals surface area contributed by atoms with Gasteiger partial charge in [-0.3, -0.25) is 13.9 Å². The van der Waals surface area contributed by atoms with Crippen LogP contribution in [0.1, 0.15) is 37.8 Å². The van der Waals surface area contributed by atoms with Crippen LogP contribution in [-0.4, -0.2) is 51.4 Å². The highest BCUT2D eigenvalue weighted by Crippen LogP contribution is 2.31. The van der Waals surface area contributed by atoms with Crippen molar-refractivity contribution in [2.45, 2.75) is 51.1 Å². The molecule has 0 aliphatic heterocycles. The zero-order chi connectivity index (χ0) is 29.3. The maximum Gasteiger partial charge on any atom is 0.264 e. The lowest BCUT2D eigenvalue weighted by molar-refractivity contribution is -0.139. The van der Waals surface area contributed by atoms with Gasteiger partial charge < -0.3 is 15.0 Å². The van der Waals surface area contributed by atoms with E-state index in [0.29, 0.717) is 22.9 Å². The molecule has 3 aromatic rings. The zero-order valence-electron chi connectivity index (χ0n) is 23.3. The number of sulfonamides is 1. The number of halogens is 1. The molecule has 0 radical (unpaired) electrons. The van der Waals surface area contributed by atoms with Gasteiger partial charge in [0.2, 0.25) is 11.8 Å². The normalized spacial score (nSPS) is 11.9. The van der Waals surface area contributed by atoms with E-state index in [1.165, 1.54) is 17.0 Å². The Labute approximate surface area is 241 Å². The first kappa shape index (κ1) is 31.0. The Bertz CT molecular complexity index is 1400. The van der Waals surface area contributed by atoms with E-state index in [2.05, 4.69) is 5.32 Å². The van der Waals surface area contributed by atoms with Crippen LogP contribution < -0.4 is 14.4 Å². The number of hydrogen-bond donors (Lipinski definition) is 1. The summed E-state index contributed by atoms with van der Waals surface area (Å²) in [4.78, 5) is 28.5. The van der Waals surface area contributed by atoms with Crippen molar-refractivity contribution in [2.75, 3.05) is 24.5 Å². The van der Waals surface area contributed by atoms with Gasteiger partial charge in [0.1, 0.15) is 18.3 Å². The molecule has 8 nitrogen and oxygen atoms in total. The van der Waals surface area contributed by atoms with Gasteiger partial charge in [0, 0.05) is 18.1 Å². The van der Waals surface area contributed by atoms with Crippen molar-refractivity contribution in [1.29, 1.82) is 0 Å². The summed E-state index contributed by atoms with van der Waals surface area (Å²) < 4.78 is 34.1. The van der Waals surface area contributed by atoms with Crippen LogP contribution in [0.5, 0.6) is 5.75 Å². The topological polar surface area (TPSA) is 96.0 Å². The lowest BCUT2D eigenvalue weighted by Crippen LogP contribution is -2.51. The highest BCUT2D eigenvalue weighted by molar-refractivity contribution is 7.92. The van der Waals surface area contributed by atoms with Crippen LogP contribution in [0.25, 0.3) is 0 Å². The molecule has 1 N–H and O–H groups in total. The Morgan fingerprint density at radius 3 is 2.30 bits per heavy atom. The molecule has 10 heteroatoms. The summed E-state index contributed by atoms with van der Waals surface area (Å²) in [6.07, 6.45) is 1.72. The number of anilines is 1. The van der Waals surface area contributed by atoms with Gasteiger partial charge in [0.05, 0.1) is 17.7 Å². The van der Waals surface area contributed by atoms with Gasteiger partial charge in [-0.05, 0) is 67.8 Å². The van der Waals surface area contributed by atoms with Crippen molar-refractivity contribution in [3.63, 3.8) is 0 Å². The molecule has 2 amide bonds. The van der Waals surface area contributed by atoms with Crippen molar-refractivity contribution in [3.8, 4) is 5.75 Å². The Hall–Kier alpha value is -3.56. The van der Waals surface area contributed by atoms with Gasteiger partial charge in [-0.15, -0.1) is 0 Å². The minimum Gasteiger partial charge on any atom is -0.497 e. The molecular weight excluding hydrogens is 550 g/mol. The third kappa shape index (κ3) is 7.55. The van der Waals surface area contributed by atoms with Crippen molar-refractivity contribution < 1.29 is 22.7 Å². The predicted octanol–water partition coefficient (Wildman–Crippen LogP) is 5.19. The number of nitrogens with zero attached hydrogens (tertiary/aromatic N) is 2. The zero-order valence-corrected chi connectivity index (χ0v) is 24.8. The van der Waals surface area contributed by atoms with Crippen LogP contribution >= 0.6 is 11.6 Å². The van der Waals surface area contributed by atoms with E-state index in [-0.39, 0.29) is 23.0 Å². The van der Waals surface area contributed by atoms with Gasteiger partial charge in [-0.1, -0.05) is 61.3 Å². The minimum absolute atomic E-state index is 0.0363. The minimum atomic E-state index is -4.16. The summed E-state index contributed by atoms with van der Waals surface area (Å²) in [5.74, 6) is -0.192. The number of ether oxygens (including phenoxy) is 1. The van der Waals surface area contributed by atoms with E-state index in [0.717, 1.165) is 22.7 Å². The number of unbranched alkanes of at least 4 members (excludes halogenated alkanes) is 1. The SMILES string of the molecule is CCCCNC(=O)C(C)N(Cc1ccc(OC)cc1)C(=O)CN(c1cccc(Cl)c1C)S(=O)(=O)c1ccccc1. The Morgan fingerprint density at radius 2 is 1.68 bits per heavy atom. The number of methoxy groups -OCH3 is 1. The molecule has 1 unspecified atom stereocenters. The average molecular weight is 586 g/mol.